The number of rotatable bonds is 5. The molecule has 0 amide bonds. The molecule has 0 radical (unpaired) electrons. The van der Waals surface area contributed by atoms with E-state index in [1.54, 1.807) is 6.20 Å². The highest BCUT2D eigenvalue weighted by Crippen LogP contribution is 2.23. The molecule has 1 aromatic heterocycles. The molecule has 0 spiro atoms. The highest BCUT2D eigenvalue weighted by molar-refractivity contribution is 4.97. The first-order chi connectivity index (χ1) is 7.04. The average molecular weight is 209 g/mol. The second-order valence-electron chi connectivity index (χ2n) is 5.17. The van der Waals surface area contributed by atoms with Crippen molar-refractivity contribution in [1.82, 2.24) is 15.5 Å². The first-order valence-electron chi connectivity index (χ1n) is 5.75. The lowest BCUT2D eigenvalue weighted by Gasteiger charge is -2.31. The number of nitrogens with zero attached hydrogens (tertiary/aromatic N) is 1. The zero-order chi connectivity index (χ0) is 11.3. The molecule has 15 heavy (non-hydrogen) atoms. The Morgan fingerprint density at radius 2 is 2.20 bits per heavy atom. The molecule has 0 saturated heterocycles. The first-order valence-corrected chi connectivity index (χ1v) is 5.75. The van der Waals surface area contributed by atoms with Crippen LogP contribution < -0.4 is 5.32 Å². The van der Waals surface area contributed by atoms with E-state index in [-0.39, 0.29) is 0 Å². The Labute approximate surface area is 92.7 Å². The van der Waals surface area contributed by atoms with E-state index in [9.17, 15) is 0 Å². The Morgan fingerprint density at radius 1 is 1.47 bits per heavy atom. The van der Waals surface area contributed by atoms with Crippen molar-refractivity contribution in [3.05, 3.63) is 18.0 Å². The summed E-state index contributed by atoms with van der Waals surface area (Å²) in [4.78, 5) is 0. The van der Waals surface area contributed by atoms with Gasteiger partial charge in [-0.2, -0.15) is 5.10 Å². The lowest BCUT2D eigenvalue weighted by molar-refractivity contribution is 0.250. The van der Waals surface area contributed by atoms with Crippen molar-refractivity contribution in [3.8, 4) is 0 Å². The summed E-state index contributed by atoms with van der Waals surface area (Å²) in [5.74, 6) is 0. The monoisotopic (exact) mass is 209 g/mol. The average Bonchev–Trinajstić information content (AvgIpc) is 2.62. The summed E-state index contributed by atoms with van der Waals surface area (Å²) in [5, 5.41) is 10.5. The first kappa shape index (κ1) is 12.2. The molecule has 3 nitrogen and oxygen atoms in total. The largest absolute Gasteiger partial charge is 0.308 e. The van der Waals surface area contributed by atoms with E-state index in [0.29, 0.717) is 11.5 Å². The third-order valence-corrected chi connectivity index (χ3v) is 2.72. The Hall–Kier alpha value is -0.830. The molecule has 1 rings (SSSR count). The summed E-state index contributed by atoms with van der Waals surface area (Å²) >= 11 is 0. The van der Waals surface area contributed by atoms with Gasteiger partial charge < -0.3 is 5.32 Å². The van der Waals surface area contributed by atoms with Crippen LogP contribution in [0.4, 0.5) is 0 Å². The van der Waals surface area contributed by atoms with E-state index in [1.165, 1.54) is 12.8 Å². The molecule has 0 fully saturated rings. The number of aromatic nitrogens is 2. The van der Waals surface area contributed by atoms with E-state index in [0.717, 1.165) is 12.2 Å². The lowest BCUT2D eigenvalue weighted by atomic mass is 9.84. The van der Waals surface area contributed by atoms with Crippen LogP contribution in [0.5, 0.6) is 0 Å². The molecular weight excluding hydrogens is 186 g/mol. The Kier molecular flexibility index (Phi) is 4.33. The summed E-state index contributed by atoms with van der Waals surface area (Å²) in [6.07, 6.45) is 4.23. The van der Waals surface area contributed by atoms with Crippen molar-refractivity contribution in [2.24, 2.45) is 5.41 Å². The van der Waals surface area contributed by atoms with Gasteiger partial charge in [0.05, 0.1) is 0 Å². The Balaban J connectivity index is 2.45. The minimum atomic E-state index is 0.316. The summed E-state index contributed by atoms with van der Waals surface area (Å²) in [6.45, 7) is 9.96. The minimum Gasteiger partial charge on any atom is -0.308 e. The molecule has 3 heteroatoms. The van der Waals surface area contributed by atoms with Crippen LogP contribution in [0.25, 0.3) is 0 Å². The van der Waals surface area contributed by atoms with Crippen LogP contribution in [-0.2, 0) is 6.54 Å². The molecule has 0 aliphatic carbocycles. The predicted octanol–water partition coefficient (Wildman–Crippen LogP) is 2.71. The Bertz CT molecular complexity index is 259. The number of hydrogen-bond acceptors (Lipinski definition) is 2. The standard InChI is InChI=1S/C12H23N3/c1-5-6-11(12(2,3)4)13-9-10-7-8-14-15-10/h7-8,11,13H,5-6,9H2,1-4H3,(H,14,15). The fourth-order valence-corrected chi connectivity index (χ4v) is 1.75. The van der Waals surface area contributed by atoms with Gasteiger partial charge in [0.1, 0.15) is 0 Å². The molecule has 0 aliphatic rings. The van der Waals surface area contributed by atoms with E-state index in [1.807, 2.05) is 6.07 Å². The highest BCUT2D eigenvalue weighted by atomic mass is 15.1. The molecule has 2 N–H and O–H groups in total. The summed E-state index contributed by atoms with van der Waals surface area (Å²) in [5.41, 5.74) is 1.47. The van der Waals surface area contributed by atoms with Crippen molar-refractivity contribution in [3.63, 3.8) is 0 Å². The molecule has 86 valence electrons. The fraction of sp³-hybridized carbons (Fsp3) is 0.750. The lowest BCUT2D eigenvalue weighted by Crippen LogP contribution is -2.39. The van der Waals surface area contributed by atoms with Crippen LogP contribution in [0, 0.1) is 5.41 Å². The molecular formula is C12H23N3. The van der Waals surface area contributed by atoms with Gasteiger partial charge in [-0.1, -0.05) is 34.1 Å². The van der Waals surface area contributed by atoms with Crippen LogP contribution in [0.15, 0.2) is 12.3 Å². The van der Waals surface area contributed by atoms with Gasteiger partial charge in [0, 0.05) is 24.5 Å². The van der Waals surface area contributed by atoms with Crippen molar-refractivity contribution in [1.29, 1.82) is 0 Å². The van der Waals surface area contributed by atoms with E-state index in [2.05, 4.69) is 43.2 Å². The normalized spacial score (nSPS) is 14.1. The SMILES string of the molecule is CCCC(NCc1ccn[nH]1)C(C)(C)C. The molecule has 1 unspecified atom stereocenters. The van der Waals surface area contributed by atoms with E-state index < -0.39 is 0 Å². The number of aromatic amines is 1. The van der Waals surface area contributed by atoms with Crippen LogP contribution in [-0.4, -0.2) is 16.2 Å². The van der Waals surface area contributed by atoms with Crippen molar-refractivity contribution >= 4 is 0 Å². The molecule has 0 aliphatic heterocycles. The van der Waals surface area contributed by atoms with Crippen LogP contribution in [0.1, 0.15) is 46.2 Å². The van der Waals surface area contributed by atoms with Gasteiger partial charge in [-0.05, 0) is 17.9 Å². The van der Waals surface area contributed by atoms with Gasteiger partial charge in [-0.15, -0.1) is 0 Å². The zero-order valence-corrected chi connectivity index (χ0v) is 10.3. The van der Waals surface area contributed by atoms with E-state index in [4.69, 9.17) is 0 Å². The van der Waals surface area contributed by atoms with Gasteiger partial charge in [0.25, 0.3) is 0 Å². The molecule has 0 aromatic carbocycles. The highest BCUT2D eigenvalue weighted by Gasteiger charge is 2.22. The molecule has 1 atom stereocenters. The fourth-order valence-electron chi connectivity index (χ4n) is 1.75. The summed E-state index contributed by atoms with van der Waals surface area (Å²) in [6, 6.07) is 2.57. The van der Waals surface area contributed by atoms with Gasteiger partial charge in [-0.3, -0.25) is 5.10 Å². The second kappa shape index (κ2) is 5.31. The van der Waals surface area contributed by atoms with Gasteiger partial charge >= 0.3 is 0 Å². The van der Waals surface area contributed by atoms with Crippen LogP contribution in [0.2, 0.25) is 0 Å². The Morgan fingerprint density at radius 3 is 2.67 bits per heavy atom. The molecule has 1 aromatic rings. The third-order valence-electron chi connectivity index (χ3n) is 2.72. The molecule has 0 bridgehead atoms. The van der Waals surface area contributed by atoms with Crippen molar-refractivity contribution in [2.45, 2.75) is 53.1 Å². The maximum absolute atomic E-state index is 3.94. The van der Waals surface area contributed by atoms with Gasteiger partial charge in [0.15, 0.2) is 0 Å². The topological polar surface area (TPSA) is 40.7 Å². The number of H-pyrrole nitrogens is 1. The van der Waals surface area contributed by atoms with Crippen LogP contribution in [0.3, 0.4) is 0 Å². The third kappa shape index (κ3) is 4.04. The van der Waals surface area contributed by atoms with E-state index >= 15 is 0 Å². The summed E-state index contributed by atoms with van der Waals surface area (Å²) in [7, 11) is 0. The zero-order valence-electron chi connectivity index (χ0n) is 10.3. The predicted molar refractivity (Wildman–Crippen MR) is 63.6 cm³/mol. The van der Waals surface area contributed by atoms with Gasteiger partial charge in [-0.25, -0.2) is 0 Å². The smallest absolute Gasteiger partial charge is 0.0490 e. The molecule has 0 saturated carbocycles. The van der Waals surface area contributed by atoms with Crippen molar-refractivity contribution < 1.29 is 0 Å². The van der Waals surface area contributed by atoms with Crippen LogP contribution >= 0.6 is 0 Å². The maximum Gasteiger partial charge on any atom is 0.0490 e. The number of hydrogen-bond donors (Lipinski definition) is 2. The minimum absolute atomic E-state index is 0.316. The number of nitrogens with one attached hydrogen (secondary N) is 2. The molecule has 1 heterocycles. The van der Waals surface area contributed by atoms with Crippen molar-refractivity contribution in [2.75, 3.05) is 0 Å². The maximum atomic E-state index is 3.94. The second-order valence-corrected chi connectivity index (χ2v) is 5.17. The quantitative estimate of drug-likeness (QED) is 0.783. The van der Waals surface area contributed by atoms with Gasteiger partial charge in [0.2, 0.25) is 0 Å². The summed E-state index contributed by atoms with van der Waals surface area (Å²) < 4.78 is 0.